The summed E-state index contributed by atoms with van der Waals surface area (Å²) in [6.45, 7) is 1.78. The molecule has 0 aliphatic carbocycles. The van der Waals surface area contributed by atoms with Crippen LogP contribution in [0.5, 0.6) is 0 Å². The van der Waals surface area contributed by atoms with Gasteiger partial charge in [0, 0.05) is 11.6 Å². The third kappa shape index (κ3) is 3.73. The minimum atomic E-state index is -0.584. The van der Waals surface area contributed by atoms with Gasteiger partial charge in [0.2, 0.25) is 0 Å². The van der Waals surface area contributed by atoms with Crippen LogP contribution in [-0.2, 0) is 20.8 Å². The Morgan fingerprint density at radius 2 is 2.25 bits per heavy atom. The summed E-state index contributed by atoms with van der Waals surface area (Å²) < 4.78 is 10.7. The second kappa shape index (κ2) is 7.30. The number of nitrogens with zero attached hydrogens (tertiary/aromatic N) is 1. The number of rotatable bonds is 4. The molecule has 1 aromatic carbocycles. The lowest BCUT2D eigenvalue weighted by Crippen LogP contribution is -2.45. The summed E-state index contributed by atoms with van der Waals surface area (Å²) in [7, 11) is 0. The molecule has 1 fully saturated rings. The Labute approximate surface area is 123 Å². The van der Waals surface area contributed by atoms with Crippen LogP contribution in [0.25, 0.3) is 0 Å². The largest absolute Gasteiger partial charge is 0.376 e. The molecular weight excluding hydrogens is 278 g/mol. The normalized spacial score (nSPS) is 18.3. The first-order chi connectivity index (χ1) is 9.72. The monoisotopic (exact) mass is 293 g/mol. The highest BCUT2D eigenvalue weighted by atomic mass is 35.5. The first kappa shape index (κ1) is 14.9. The zero-order valence-corrected chi connectivity index (χ0v) is 11.8. The van der Waals surface area contributed by atoms with E-state index >= 15 is 0 Å². The quantitative estimate of drug-likeness (QED) is 0.794. The molecule has 4 nitrogen and oxygen atoms in total. The van der Waals surface area contributed by atoms with E-state index in [1.807, 2.05) is 18.2 Å². The van der Waals surface area contributed by atoms with Crippen LogP contribution in [0.4, 0.5) is 0 Å². The lowest BCUT2D eigenvalue weighted by molar-refractivity contribution is -0.157. The molecular formula is C15H16ClNO3. The second-order valence-electron chi connectivity index (χ2n) is 4.42. The Morgan fingerprint density at radius 3 is 2.90 bits per heavy atom. The van der Waals surface area contributed by atoms with Gasteiger partial charge in [-0.3, -0.25) is 4.79 Å². The Bertz CT molecular complexity index is 506. The lowest BCUT2D eigenvalue weighted by Gasteiger charge is -2.28. The second-order valence-corrected chi connectivity index (χ2v) is 4.83. The molecule has 0 saturated carbocycles. The first-order valence-corrected chi connectivity index (χ1v) is 6.75. The molecule has 1 saturated heterocycles. The number of halogens is 1. The van der Waals surface area contributed by atoms with Crippen molar-refractivity contribution in [2.45, 2.75) is 12.6 Å². The van der Waals surface area contributed by atoms with Crippen LogP contribution in [0.1, 0.15) is 5.56 Å². The van der Waals surface area contributed by atoms with E-state index in [1.54, 1.807) is 11.0 Å². The average Bonchev–Trinajstić information content (AvgIpc) is 2.49. The summed E-state index contributed by atoms with van der Waals surface area (Å²) in [5.74, 6) is 2.33. The van der Waals surface area contributed by atoms with Crippen molar-refractivity contribution in [2.24, 2.45) is 0 Å². The highest BCUT2D eigenvalue weighted by Crippen LogP contribution is 2.18. The molecule has 1 amide bonds. The van der Waals surface area contributed by atoms with Crippen molar-refractivity contribution in [3.63, 3.8) is 0 Å². The standard InChI is InChI=1S/C15H16ClNO3/c1-2-7-17(10-12-5-3-4-6-13(12)16)15(18)14-11-19-8-9-20-14/h1,3-6,14H,7-11H2/t14-/m0/s1. The molecule has 1 aliphatic rings. The summed E-state index contributed by atoms with van der Waals surface area (Å²) in [5.41, 5.74) is 0.856. The van der Waals surface area contributed by atoms with Gasteiger partial charge in [0.1, 0.15) is 0 Å². The Balaban J connectivity index is 2.08. The molecule has 1 atom stereocenters. The van der Waals surface area contributed by atoms with Gasteiger partial charge in [-0.15, -0.1) is 6.42 Å². The molecule has 0 spiro atoms. The van der Waals surface area contributed by atoms with Gasteiger partial charge in [0.25, 0.3) is 5.91 Å². The summed E-state index contributed by atoms with van der Waals surface area (Å²) in [6.07, 6.45) is 4.76. The number of hydrogen-bond acceptors (Lipinski definition) is 3. The highest BCUT2D eigenvalue weighted by Gasteiger charge is 2.27. The maximum atomic E-state index is 12.4. The molecule has 20 heavy (non-hydrogen) atoms. The van der Waals surface area contributed by atoms with E-state index in [0.717, 1.165) is 5.56 Å². The smallest absolute Gasteiger partial charge is 0.255 e. The van der Waals surface area contributed by atoms with Crippen molar-refractivity contribution < 1.29 is 14.3 Å². The van der Waals surface area contributed by atoms with E-state index in [1.165, 1.54) is 0 Å². The molecule has 1 aliphatic heterocycles. The van der Waals surface area contributed by atoms with Crippen molar-refractivity contribution in [1.29, 1.82) is 0 Å². The van der Waals surface area contributed by atoms with Gasteiger partial charge in [0.05, 0.1) is 26.4 Å². The van der Waals surface area contributed by atoms with Crippen LogP contribution in [0.2, 0.25) is 5.02 Å². The number of terminal acetylenes is 1. The topological polar surface area (TPSA) is 38.8 Å². The Hall–Kier alpha value is -1.54. The van der Waals surface area contributed by atoms with Gasteiger partial charge < -0.3 is 14.4 Å². The summed E-state index contributed by atoms with van der Waals surface area (Å²) in [6, 6.07) is 7.38. The minimum Gasteiger partial charge on any atom is -0.376 e. The fraction of sp³-hybridized carbons (Fsp3) is 0.400. The van der Waals surface area contributed by atoms with Gasteiger partial charge in [-0.1, -0.05) is 35.7 Å². The number of carbonyl (C=O) groups is 1. The molecule has 0 radical (unpaired) electrons. The fourth-order valence-electron chi connectivity index (χ4n) is 1.99. The van der Waals surface area contributed by atoms with E-state index in [2.05, 4.69) is 5.92 Å². The maximum Gasteiger partial charge on any atom is 0.255 e. The van der Waals surface area contributed by atoms with Crippen molar-refractivity contribution in [3.8, 4) is 12.3 Å². The molecule has 1 heterocycles. The van der Waals surface area contributed by atoms with Crippen molar-refractivity contribution in [3.05, 3.63) is 34.9 Å². The van der Waals surface area contributed by atoms with Crippen LogP contribution in [0.3, 0.4) is 0 Å². The van der Waals surface area contributed by atoms with Gasteiger partial charge in [0.15, 0.2) is 6.10 Å². The predicted octanol–water partition coefficient (Wildman–Crippen LogP) is 1.72. The highest BCUT2D eigenvalue weighted by molar-refractivity contribution is 6.31. The van der Waals surface area contributed by atoms with E-state index < -0.39 is 6.10 Å². The number of benzene rings is 1. The average molecular weight is 294 g/mol. The SMILES string of the molecule is C#CCN(Cc1ccccc1Cl)C(=O)[C@@H]1COCCO1. The molecule has 5 heteroatoms. The van der Waals surface area contributed by atoms with Crippen LogP contribution in [0.15, 0.2) is 24.3 Å². The third-order valence-corrected chi connectivity index (χ3v) is 3.37. The van der Waals surface area contributed by atoms with Crippen LogP contribution < -0.4 is 0 Å². The molecule has 1 aromatic rings. The number of amides is 1. The molecule has 0 N–H and O–H groups in total. The lowest BCUT2D eigenvalue weighted by atomic mass is 10.2. The molecule has 0 aromatic heterocycles. The van der Waals surface area contributed by atoms with Gasteiger partial charge >= 0.3 is 0 Å². The predicted molar refractivity (Wildman–Crippen MR) is 76.3 cm³/mol. The number of hydrogen-bond donors (Lipinski definition) is 0. The summed E-state index contributed by atoms with van der Waals surface area (Å²) >= 11 is 6.11. The molecule has 0 unspecified atom stereocenters. The van der Waals surface area contributed by atoms with Gasteiger partial charge in [-0.05, 0) is 11.6 Å². The van der Waals surface area contributed by atoms with Crippen LogP contribution >= 0.6 is 11.6 Å². The molecule has 106 valence electrons. The van der Waals surface area contributed by atoms with E-state index in [-0.39, 0.29) is 19.1 Å². The van der Waals surface area contributed by atoms with Gasteiger partial charge in [-0.25, -0.2) is 0 Å². The summed E-state index contributed by atoms with van der Waals surface area (Å²) in [5, 5.41) is 0.614. The summed E-state index contributed by atoms with van der Waals surface area (Å²) in [4.78, 5) is 13.9. The number of ether oxygens (including phenoxy) is 2. The van der Waals surface area contributed by atoms with Crippen molar-refractivity contribution >= 4 is 17.5 Å². The van der Waals surface area contributed by atoms with Crippen LogP contribution in [0, 0.1) is 12.3 Å². The number of carbonyl (C=O) groups excluding carboxylic acids is 1. The first-order valence-electron chi connectivity index (χ1n) is 6.37. The van der Waals surface area contributed by atoms with E-state index in [4.69, 9.17) is 27.5 Å². The van der Waals surface area contributed by atoms with E-state index in [9.17, 15) is 4.79 Å². The fourth-order valence-corrected chi connectivity index (χ4v) is 2.18. The Morgan fingerprint density at radius 1 is 1.45 bits per heavy atom. The van der Waals surface area contributed by atoms with E-state index in [0.29, 0.717) is 24.8 Å². The molecule has 2 rings (SSSR count). The maximum absolute atomic E-state index is 12.4. The minimum absolute atomic E-state index is 0.164. The van der Waals surface area contributed by atoms with Crippen LogP contribution in [-0.4, -0.2) is 43.3 Å². The zero-order valence-electron chi connectivity index (χ0n) is 11.0. The third-order valence-electron chi connectivity index (χ3n) is 3.00. The van der Waals surface area contributed by atoms with Crippen molar-refractivity contribution in [2.75, 3.05) is 26.4 Å². The van der Waals surface area contributed by atoms with Crippen molar-refractivity contribution in [1.82, 2.24) is 4.90 Å². The zero-order chi connectivity index (χ0) is 14.4. The van der Waals surface area contributed by atoms with Gasteiger partial charge in [-0.2, -0.15) is 0 Å². The Kier molecular flexibility index (Phi) is 5.42. The molecule has 0 bridgehead atoms.